The van der Waals surface area contributed by atoms with E-state index in [9.17, 15) is 18.0 Å². The van der Waals surface area contributed by atoms with Gasteiger partial charge in [-0.05, 0) is 6.42 Å². The van der Waals surface area contributed by atoms with E-state index in [2.05, 4.69) is 0 Å². The predicted molar refractivity (Wildman–Crippen MR) is 48.4 cm³/mol. The van der Waals surface area contributed by atoms with E-state index in [1.54, 1.807) is 13.8 Å². The van der Waals surface area contributed by atoms with Gasteiger partial charge in [-0.15, -0.1) is 0 Å². The number of ketones is 1. The van der Waals surface area contributed by atoms with Crippen LogP contribution in [0.5, 0.6) is 0 Å². The van der Waals surface area contributed by atoms with Crippen molar-refractivity contribution in [3.05, 3.63) is 0 Å². The lowest BCUT2D eigenvalue weighted by Crippen LogP contribution is -2.51. The van der Waals surface area contributed by atoms with Crippen LogP contribution < -0.4 is 0 Å². The van der Waals surface area contributed by atoms with Crippen LogP contribution in [0.2, 0.25) is 0 Å². The van der Waals surface area contributed by atoms with E-state index >= 15 is 0 Å². The fourth-order valence-electron chi connectivity index (χ4n) is 1.50. The molecule has 1 rings (SSSR count). The molecule has 2 nitrogen and oxygen atoms in total. The molecule has 1 atom stereocenters. The highest BCUT2D eigenvalue weighted by atomic mass is 19.4. The first-order valence-electron chi connectivity index (χ1n) is 4.95. The van der Waals surface area contributed by atoms with Crippen LogP contribution in [0.4, 0.5) is 13.2 Å². The molecular formula is C10H15F3O2. The molecule has 1 aliphatic rings. The zero-order chi connectivity index (χ0) is 11.7. The summed E-state index contributed by atoms with van der Waals surface area (Å²) in [7, 11) is 0. The lowest BCUT2D eigenvalue weighted by Gasteiger charge is -2.41. The van der Waals surface area contributed by atoms with Gasteiger partial charge in [-0.2, -0.15) is 13.2 Å². The van der Waals surface area contributed by atoms with Crippen LogP contribution in [-0.4, -0.2) is 24.7 Å². The molecule has 88 valence electrons. The summed E-state index contributed by atoms with van der Waals surface area (Å²) in [6, 6.07) is 0. The average Bonchev–Trinajstić information content (AvgIpc) is 2.08. The Morgan fingerprint density at radius 1 is 1.47 bits per heavy atom. The second kappa shape index (κ2) is 4.12. The van der Waals surface area contributed by atoms with Crippen LogP contribution in [-0.2, 0) is 9.53 Å². The molecule has 0 aromatic heterocycles. The molecule has 0 bridgehead atoms. The summed E-state index contributed by atoms with van der Waals surface area (Å²) >= 11 is 0. The SMILES string of the molecule is CC1(C)C(=O)CC1OCCCC(F)(F)F. The van der Waals surface area contributed by atoms with Gasteiger partial charge in [0.1, 0.15) is 5.78 Å². The van der Waals surface area contributed by atoms with Crippen molar-refractivity contribution >= 4 is 5.78 Å². The standard InChI is InChI=1S/C10H15F3O2/c1-9(2)7(14)6-8(9)15-5-3-4-10(11,12)13/h8H,3-6H2,1-2H3. The lowest BCUT2D eigenvalue weighted by molar-refractivity contribution is -0.162. The van der Waals surface area contributed by atoms with Gasteiger partial charge in [0.05, 0.1) is 11.5 Å². The van der Waals surface area contributed by atoms with Gasteiger partial charge in [0.15, 0.2) is 0 Å². The molecule has 5 heteroatoms. The Kier molecular flexibility index (Phi) is 3.43. The maximum atomic E-state index is 11.8. The van der Waals surface area contributed by atoms with Gasteiger partial charge < -0.3 is 4.74 Å². The topological polar surface area (TPSA) is 26.3 Å². The summed E-state index contributed by atoms with van der Waals surface area (Å²) in [5, 5.41) is 0. The number of alkyl halides is 3. The van der Waals surface area contributed by atoms with Crippen molar-refractivity contribution in [2.75, 3.05) is 6.61 Å². The van der Waals surface area contributed by atoms with Crippen molar-refractivity contribution in [3.63, 3.8) is 0 Å². The van der Waals surface area contributed by atoms with Gasteiger partial charge in [-0.3, -0.25) is 4.79 Å². The molecular weight excluding hydrogens is 209 g/mol. The Hall–Kier alpha value is -0.580. The van der Waals surface area contributed by atoms with Crippen molar-refractivity contribution in [2.24, 2.45) is 5.41 Å². The van der Waals surface area contributed by atoms with Crippen LogP contribution >= 0.6 is 0 Å². The highest BCUT2D eigenvalue weighted by Gasteiger charge is 2.48. The number of hydrogen-bond acceptors (Lipinski definition) is 2. The summed E-state index contributed by atoms with van der Waals surface area (Å²) in [5.41, 5.74) is -0.516. The Bertz CT molecular complexity index is 246. The molecule has 0 N–H and O–H groups in total. The molecule has 1 fully saturated rings. The summed E-state index contributed by atoms with van der Waals surface area (Å²) in [4.78, 5) is 11.1. The number of rotatable bonds is 4. The Balaban J connectivity index is 2.15. The van der Waals surface area contributed by atoms with E-state index in [1.165, 1.54) is 0 Å². The minimum Gasteiger partial charge on any atom is -0.377 e. The maximum Gasteiger partial charge on any atom is 0.389 e. The number of carbonyl (C=O) groups excluding carboxylic acids is 1. The fraction of sp³-hybridized carbons (Fsp3) is 0.900. The minimum atomic E-state index is -4.12. The third-order valence-corrected chi connectivity index (χ3v) is 2.82. The predicted octanol–water partition coefficient (Wildman–Crippen LogP) is 2.71. The van der Waals surface area contributed by atoms with Crippen LogP contribution in [0, 0.1) is 5.41 Å². The van der Waals surface area contributed by atoms with E-state index in [4.69, 9.17) is 4.74 Å². The zero-order valence-corrected chi connectivity index (χ0v) is 8.86. The molecule has 0 saturated heterocycles. The zero-order valence-electron chi connectivity index (χ0n) is 8.86. The summed E-state index contributed by atoms with van der Waals surface area (Å²) < 4.78 is 40.6. The van der Waals surface area contributed by atoms with E-state index < -0.39 is 18.0 Å². The highest BCUT2D eigenvalue weighted by molar-refractivity contribution is 5.91. The molecule has 0 radical (unpaired) electrons. The van der Waals surface area contributed by atoms with Crippen molar-refractivity contribution in [1.82, 2.24) is 0 Å². The average molecular weight is 224 g/mol. The first-order chi connectivity index (χ1) is 6.73. The number of ether oxygens (including phenoxy) is 1. The van der Waals surface area contributed by atoms with Crippen molar-refractivity contribution in [3.8, 4) is 0 Å². The van der Waals surface area contributed by atoms with Gasteiger partial charge in [0, 0.05) is 19.4 Å². The molecule has 0 amide bonds. The molecule has 15 heavy (non-hydrogen) atoms. The monoisotopic (exact) mass is 224 g/mol. The van der Waals surface area contributed by atoms with E-state index in [-0.39, 0.29) is 24.9 Å². The number of carbonyl (C=O) groups is 1. The lowest BCUT2D eigenvalue weighted by atomic mass is 9.68. The second-order valence-electron chi connectivity index (χ2n) is 4.43. The number of Topliss-reactive ketones (excluding diaryl/α,β-unsaturated/α-hetero) is 1. The molecule has 1 saturated carbocycles. The van der Waals surface area contributed by atoms with Gasteiger partial charge in [-0.1, -0.05) is 13.8 Å². The Labute approximate surface area is 86.8 Å². The first-order valence-corrected chi connectivity index (χ1v) is 4.95. The molecule has 0 aromatic rings. The van der Waals surface area contributed by atoms with Crippen molar-refractivity contribution in [2.45, 2.75) is 45.4 Å². The van der Waals surface area contributed by atoms with E-state index in [0.29, 0.717) is 6.42 Å². The third-order valence-electron chi connectivity index (χ3n) is 2.82. The van der Waals surface area contributed by atoms with Gasteiger partial charge in [0.25, 0.3) is 0 Å². The van der Waals surface area contributed by atoms with Gasteiger partial charge in [0.2, 0.25) is 0 Å². The Morgan fingerprint density at radius 3 is 2.47 bits per heavy atom. The highest BCUT2D eigenvalue weighted by Crippen LogP contribution is 2.38. The van der Waals surface area contributed by atoms with Crippen LogP contribution in [0.1, 0.15) is 33.1 Å². The van der Waals surface area contributed by atoms with Gasteiger partial charge >= 0.3 is 6.18 Å². The smallest absolute Gasteiger partial charge is 0.377 e. The van der Waals surface area contributed by atoms with Gasteiger partial charge in [-0.25, -0.2) is 0 Å². The normalized spacial score (nSPS) is 25.1. The second-order valence-corrected chi connectivity index (χ2v) is 4.43. The van der Waals surface area contributed by atoms with E-state index in [1.807, 2.05) is 0 Å². The minimum absolute atomic E-state index is 0.0374. The van der Waals surface area contributed by atoms with Crippen molar-refractivity contribution in [1.29, 1.82) is 0 Å². The summed E-state index contributed by atoms with van der Waals surface area (Å²) in [6.45, 7) is 3.58. The maximum absolute atomic E-state index is 11.8. The Morgan fingerprint density at radius 2 is 2.07 bits per heavy atom. The van der Waals surface area contributed by atoms with Crippen LogP contribution in [0.3, 0.4) is 0 Å². The molecule has 0 heterocycles. The van der Waals surface area contributed by atoms with E-state index in [0.717, 1.165) is 0 Å². The largest absolute Gasteiger partial charge is 0.389 e. The number of hydrogen-bond donors (Lipinski definition) is 0. The molecule has 0 aromatic carbocycles. The molecule has 0 aliphatic heterocycles. The van der Waals surface area contributed by atoms with Crippen LogP contribution in [0.15, 0.2) is 0 Å². The molecule has 0 spiro atoms. The number of halogens is 3. The summed E-state index contributed by atoms with van der Waals surface area (Å²) in [6.07, 6.45) is -4.86. The van der Waals surface area contributed by atoms with Crippen LogP contribution in [0.25, 0.3) is 0 Å². The molecule has 1 unspecified atom stereocenters. The quantitative estimate of drug-likeness (QED) is 0.686. The first kappa shape index (κ1) is 12.5. The fourth-order valence-corrected chi connectivity index (χ4v) is 1.50. The third kappa shape index (κ3) is 3.19. The summed E-state index contributed by atoms with van der Waals surface area (Å²) in [5.74, 6) is 0.114. The van der Waals surface area contributed by atoms with Crippen molar-refractivity contribution < 1.29 is 22.7 Å². The molecule has 1 aliphatic carbocycles.